The number of pyridine rings is 1. The average Bonchev–Trinajstić information content (AvgIpc) is 3.26. The first-order valence-corrected chi connectivity index (χ1v) is 8.12. The van der Waals surface area contributed by atoms with Crippen molar-refractivity contribution in [3.05, 3.63) is 24.0 Å². The Hall–Kier alpha value is -1.09. The lowest BCUT2D eigenvalue weighted by Crippen LogP contribution is -2.28. The highest BCUT2D eigenvalue weighted by Gasteiger charge is 2.28. The molecule has 1 saturated carbocycles. The van der Waals surface area contributed by atoms with Crippen molar-refractivity contribution in [1.29, 1.82) is 0 Å². The fraction of sp³-hybridized carbons (Fsp3) is 0.706. The van der Waals surface area contributed by atoms with Gasteiger partial charge < -0.3 is 5.32 Å². The topological polar surface area (TPSA) is 28.2 Å². The van der Waals surface area contributed by atoms with Crippen molar-refractivity contribution in [3.8, 4) is 0 Å². The molecular formula is C17H29N3. The molecule has 0 unspecified atom stereocenters. The predicted octanol–water partition coefficient (Wildman–Crippen LogP) is 3.91. The third-order valence-electron chi connectivity index (χ3n) is 3.82. The summed E-state index contributed by atoms with van der Waals surface area (Å²) in [6.45, 7) is 10.0. The van der Waals surface area contributed by atoms with Crippen molar-refractivity contribution >= 4 is 5.69 Å². The van der Waals surface area contributed by atoms with Crippen molar-refractivity contribution in [1.82, 2.24) is 9.88 Å². The molecule has 3 nitrogen and oxygen atoms in total. The Balaban J connectivity index is 1.91. The summed E-state index contributed by atoms with van der Waals surface area (Å²) in [7, 11) is 0. The van der Waals surface area contributed by atoms with Crippen LogP contribution in [0.25, 0.3) is 0 Å². The third kappa shape index (κ3) is 5.12. The van der Waals surface area contributed by atoms with Crippen LogP contribution in [-0.2, 0) is 6.54 Å². The molecule has 20 heavy (non-hydrogen) atoms. The molecule has 0 saturated heterocycles. The monoisotopic (exact) mass is 275 g/mol. The minimum absolute atomic E-state index is 0.779. The molecule has 0 spiro atoms. The zero-order chi connectivity index (χ0) is 14.4. The van der Waals surface area contributed by atoms with E-state index in [0.29, 0.717) is 0 Å². The first kappa shape index (κ1) is 15.3. The predicted molar refractivity (Wildman–Crippen MR) is 85.9 cm³/mol. The molecule has 0 aliphatic heterocycles. The van der Waals surface area contributed by atoms with Crippen LogP contribution in [0.5, 0.6) is 0 Å². The molecule has 1 heterocycles. The van der Waals surface area contributed by atoms with Crippen molar-refractivity contribution in [2.24, 2.45) is 5.92 Å². The van der Waals surface area contributed by atoms with Crippen molar-refractivity contribution in [2.45, 2.75) is 59.0 Å². The zero-order valence-corrected chi connectivity index (χ0v) is 13.2. The van der Waals surface area contributed by atoms with Crippen LogP contribution in [-0.4, -0.2) is 29.0 Å². The quantitative estimate of drug-likeness (QED) is 0.740. The number of hydrogen-bond donors (Lipinski definition) is 1. The lowest BCUT2D eigenvalue weighted by atomic mass is 10.1. The Morgan fingerprint density at radius 1 is 1.40 bits per heavy atom. The Labute approximate surface area is 123 Å². The second-order valence-corrected chi connectivity index (χ2v) is 6.35. The lowest BCUT2D eigenvalue weighted by Gasteiger charge is -2.22. The van der Waals surface area contributed by atoms with Crippen LogP contribution >= 0.6 is 0 Å². The summed E-state index contributed by atoms with van der Waals surface area (Å²) < 4.78 is 0. The molecule has 1 aliphatic rings. The van der Waals surface area contributed by atoms with E-state index in [4.69, 9.17) is 0 Å². The fourth-order valence-corrected chi connectivity index (χ4v) is 2.41. The molecule has 1 N–H and O–H groups in total. The van der Waals surface area contributed by atoms with E-state index in [9.17, 15) is 0 Å². The lowest BCUT2D eigenvalue weighted by molar-refractivity contribution is 0.237. The molecule has 0 radical (unpaired) electrons. The van der Waals surface area contributed by atoms with Crippen LogP contribution < -0.4 is 5.32 Å². The van der Waals surface area contributed by atoms with Gasteiger partial charge in [0.2, 0.25) is 0 Å². The highest BCUT2D eigenvalue weighted by atomic mass is 15.2. The van der Waals surface area contributed by atoms with Crippen molar-refractivity contribution in [2.75, 3.05) is 18.4 Å². The molecule has 0 bridgehead atoms. The van der Waals surface area contributed by atoms with Crippen LogP contribution in [0, 0.1) is 5.92 Å². The SMILES string of the molecule is CCCNc1ccnc(CN(CCC(C)C)C2CC2)c1. The van der Waals surface area contributed by atoms with Gasteiger partial charge >= 0.3 is 0 Å². The Morgan fingerprint density at radius 2 is 2.20 bits per heavy atom. The number of aromatic nitrogens is 1. The number of nitrogens with zero attached hydrogens (tertiary/aromatic N) is 2. The summed E-state index contributed by atoms with van der Waals surface area (Å²) in [6.07, 6.45) is 7.10. The molecule has 0 atom stereocenters. The van der Waals surface area contributed by atoms with E-state index < -0.39 is 0 Å². The molecule has 2 rings (SSSR count). The summed E-state index contributed by atoms with van der Waals surface area (Å²) in [6, 6.07) is 5.08. The molecule has 1 aromatic rings. The van der Waals surface area contributed by atoms with Gasteiger partial charge in [-0.25, -0.2) is 0 Å². The van der Waals surface area contributed by atoms with Crippen LogP contribution in [0.1, 0.15) is 52.1 Å². The third-order valence-corrected chi connectivity index (χ3v) is 3.82. The highest BCUT2D eigenvalue weighted by Crippen LogP contribution is 2.28. The summed E-state index contributed by atoms with van der Waals surface area (Å²) >= 11 is 0. The molecule has 1 aromatic heterocycles. The molecule has 1 fully saturated rings. The van der Waals surface area contributed by atoms with Gasteiger partial charge in [-0.3, -0.25) is 9.88 Å². The summed E-state index contributed by atoms with van der Waals surface area (Å²) in [5.41, 5.74) is 2.40. The number of hydrogen-bond acceptors (Lipinski definition) is 3. The number of rotatable bonds is 9. The average molecular weight is 275 g/mol. The highest BCUT2D eigenvalue weighted by molar-refractivity contribution is 5.43. The van der Waals surface area contributed by atoms with Crippen molar-refractivity contribution < 1.29 is 0 Å². The minimum atomic E-state index is 0.779. The second-order valence-electron chi connectivity index (χ2n) is 6.35. The summed E-state index contributed by atoms with van der Waals surface area (Å²) in [4.78, 5) is 7.16. The zero-order valence-electron chi connectivity index (χ0n) is 13.2. The van der Waals surface area contributed by atoms with Crippen LogP contribution in [0.3, 0.4) is 0 Å². The second kappa shape index (κ2) is 7.63. The Bertz CT molecular complexity index is 399. The maximum Gasteiger partial charge on any atom is 0.0564 e. The van der Waals surface area contributed by atoms with E-state index >= 15 is 0 Å². The van der Waals surface area contributed by atoms with Crippen LogP contribution in [0.4, 0.5) is 5.69 Å². The maximum absolute atomic E-state index is 4.54. The van der Waals surface area contributed by atoms with Gasteiger partial charge in [-0.2, -0.15) is 0 Å². The molecule has 0 aromatic carbocycles. The van der Waals surface area contributed by atoms with Crippen LogP contribution in [0.2, 0.25) is 0 Å². The van der Waals surface area contributed by atoms with Gasteiger partial charge in [-0.1, -0.05) is 20.8 Å². The van der Waals surface area contributed by atoms with Gasteiger partial charge in [0.15, 0.2) is 0 Å². The van der Waals surface area contributed by atoms with Crippen LogP contribution in [0.15, 0.2) is 18.3 Å². The summed E-state index contributed by atoms with van der Waals surface area (Å²) in [5, 5.41) is 3.44. The van der Waals surface area contributed by atoms with Gasteiger partial charge in [0, 0.05) is 31.0 Å². The largest absolute Gasteiger partial charge is 0.385 e. The van der Waals surface area contributed by atoms with Crippen molar-refractivity contribution in [3.63, 3.8) is 0 Å². The smallest absolute Gasteiger partial charge is 0.0564 e. The van der Waals surface area contributed by atoms with E-state index in [1.54, 1.807) is 0 Å². The normalized spacial score (nSPS) is 15.1. The first-order valence-electron chi connectivity index (χ1n) is 8.12. The van der Waals surface area contributed by atoms with E-state index in [2.05, 4.69) is 48.1 Å². The van der Waals surface area contributed by atoms with E-state index in [-0.39, 0.29) is 0 Å². The summed E-state index contributed by atoms with van der Waals surface area (Å²) in [5.74, 6) is 0.779. The van der Waals surface area contributed by atoms with E-state index in [1.165, 1.54) is 37.2 Å². The minimum Gasteiger partial charge on any atom is -0.385 e. The fourth-order valence-electron chi connectivity index (χ4n) is 2.41. The molecule has 3 heteroatoms. The van der Waals surface area contributed by atoms with E-state index in [1.807, 2.05) is 6.20 Å². The standard InChI is InChI=1S/C17H29N3/c1-4-9-18-15-7-10-19-16(12-15)13-20(17-5-6-17)11-8-14(2)3/h7,10,12,14,17H,4-6,8-9,11,13H2,1-3H3,(H,18,19). The maximum atomic E-state index is 4.54. The number of nitrogens with one attached hydrogen (secondary N) is 1. The number of anilines is 1. The molecule has 1 aliphatic carbocycles. The Kier molecular flexibility index (Phi) is 5.84. The van der Waals surface area contributed by atoms with Gasteiger partial charge in [0.1, 0.15) is 0 Å². The van der Waals surface area contributed by atoms with E-state index in [0.717, 1.165) is 31.5 Å². The molecule has 112 valence electrons. The molecule has 0 amide bonds. The first-order chi connectivity index (χ1) is 9.69. The van der Waals surface area contributed by atoms with Gasteiger partial charge in [-0.05, 0) is 50.3 Å². The van der Waals surface area contributed by atoms with Gasteiger partial charge in [0.05, 0.1) is 5.69 Å². The Morgan fingerprint density at radius 3 is 2.85 bits per heavy atom. The van der Waals surface area contributed by atoms with Gasteiger partial charge in [-0.15, -0.1) is 0 Å². The molecular weight excluding hydrogens is 246 g/mol. The van der Waals surface area contributed by atoms with Gasteiger partial charge in [0.25, 0.3) is 0 Å².